The van der Waals surface area contributed by atoms with Gasteiger partial charge in [-0.3, -0.25) is 4.79 Å². The molecule has 3 nitrogen and oxygen atoms in total. The number of benzene rings is 1. The second-order valence-corrected chi connectivity index (χ2v) is 2.95. The number of carbonyl (C=O) groups excluding carboxylic acids is 1. The summed E-state index contributed by atoms with van der Waals surface area (Å²) >= 11 is 0. The molecule has 0 aliphatic rings. The molecular weight excluding hydrogens is 216 g/mol. The summed E-state index contributed by atoms with van der Waals surface area (Å²) in [6.07, 6.45) is 0.123. The van der Waals surface area contributed by atoms with Gasteiger partial charge in [-0.15, -0.1) is 0 Å². The van der Waals surface area contributed by atoms with E-state index in [0.717, 1.165) is 0 Å². The Morgan fingerprint density at radius 3 is 2.75 bits per heavy atom. The van der Waals surface area contributed by atoms with E-state index in [4.69, 9.17) is 5.26 Å². The molecule has 0 amide bonds. The zero-order chi connectivity index (χ0) is 12.1. The predicted molar refractivity (Wildman–Crippen MR) is 52.4 cm³/mol. The van der Waals surface area contributed by atoms with Crippen molar-refractivity contribution in [2.75, 3.05) is 0 Å². The summed E-state index contributed by atoms with van der Waals surface area (Å²) in [6, 6.07) is 5.81. The molecule has 0 atom stereocenters. The SMILES string of the molecule is CCC(=O)c1c(C#N)cccc1OC(F)F. The number of ether oxygens (including phenoxy) is 1. The first kappa shape index (κ1) is 12.1. The number of Topliss-reactive ketones (excluding diaryl/α,β-unsaturated/α-hetero) is 1. The Labute approximate surface area is 91.3 Å². The van der Waals surface area contributed by atoms with Gasteiger partial charge in [0.05, 0.1) is 11.1 Å². The molecule has 0 heterocycles. The number of hydrogen-bond acceptors (Lipinski definition) is 3. The van der Waals surface area contributed by atoms with E-state index in [-0.39, 0.29) is 23.3 Å². The third-order valence-electron chi connectivity index (χ3n) is 1.96. The van der Waals surface area contributed by atoms with E-state index in [1.165, 1.54) is 18.2 Å². The predicted octanol–water partition coefficient (Wildman–Crippen LogP) is 2.75. The minimum absolute atomic E-state index is 0.0463. The summed E-state index contributed by atoms with van der Waals surface area (Å²) < 4.78 is 28.4. The van der Waals surface area contributed by atoms with Gasteiger partial charge in [-0.05, 0) is 12.1 Å². The van der Waals surface area contributed by atoms with Crippen molar-refractivity contribution in [2.45, 2.75) is 20.0 Å². The Bertz CT molecular complexity index is 438. The average molecular weight is 225 g/mol. The number of hydrogen-bond donors (Lipinski definition) is 0. The normalized spacial score (nSPS) is 9.94. The summed E-state index contributed by atoms with van der Waals surface area (Å²) in [5.41, 5.74) is -0.0298. The van der Waals surface area contributed by atoms with Crippen molar-refractivity contribution in [1.29, 1.82) is 5.26 Å². The van der Waals surface area contributed by atoms with Crippen LogP contribution in [0.25, 0.3) is 0 Å². The molecule has 0 N–H and O–H groups in total. The average Bonchev–Trinajstić information content (AvgIpc) is 2.27. The second-order valence-electron chi connectivity index (χ2n) is 2.95. The molecule has 0 aliphatic heterocycles. The van der Waals surface area contributed by atoms with Crippen molar-refractivity contribution in [3.05, 3.63) is 29.3 Å². The third kappa shape index (κ3) is 2.54. The largest absolute Gasteiger partial charge is 0.434 e. The fourth-order valence-electron chi connectivity index (χ4n) is 1.28. The Balaban J connectivity index is 3.27. The van der Waals surface area contributed by atoms with Gasteiger partial charge in [0, 0.05) is 6.42 Å². The van der Waals surface area contributed by atoms with Crippen LogP contribution in [0.4, 0.5) is 8.78 Å². The second kappa shape index (κ2) is 5.21. The van der Waals surface area contributed by atoms with Gasteiger partial charge in [-0.25, -0.2) is 0 Å². The highest BCUT2D eigenvalue weighted by Gasteiger charge is 2.18. The van der Waals surface area contributed by atoms with Crippen LogP contribution >= 0.6 is 0 Å². The van der Waals surface area contributed by atoms with Gasteiger partial charge in [-0.1, -0.05) is 13.0 Å². The van der Waals surface area contributed by atoms with E-state index in [9.17, 15) is 13.6 Å². The zero-order valence-corrected chi connectivity index (χ0v) is 8.54. The van der Waals surface area contributed by atoms with E-state index in [2.05, 4.69) is 4.74 Å². The highest BCUT2D eigenvalue weighted by Crippen LogP contribution is 2.25. The standard InChI is InChI=1S/C11H9F2NO2/c1-2-8(15)10-7(6-14)4-3-5-9(10)16-11(12)13/h3-5,11H,2H2,1H3. The van der Waals surface area contributed by atoms with Crippen LogP contribution in [0.3, 0.4) is 0 Å². The van der Waals surface area contributed by atoms with Gasteiger partial charge in [0.15, 0.2) is 5.78 Å². The number of nitriles is 1. The van der Waals surface area contributed by atoms with Crippen molar-refractivity contribution in [3.8, 4) is 11.8 Å². The summed E-state index contributed by atoms with van der Waals surface area (Å²) in [6.45, 7) is -1.43. The lowest BCUT2D eigenvalue weighted by Crippen LogP contribution is -2.09. The highest BCUT2D eigenvalue weighted by molar-refractivity contribution is 6.00. The quantitative estimate of drug-likeness (QED) is 0.740. The van der Waals surface area contributed by atoms with E-state index < -0.39 is 12.4 Å². The van der Waals surface area contributed by atoms with Crippen LogP contribution in [0.15, 0.2) is 18.2 Å². The van der Waals surface area contributed by atoms with Crippen LogP contribution in [-0.2, 0) is 0 Å². The maximum absolute atomic E-state index is 12.1. The Morgan fingerprint density at radius 2 is 2.25 bits per heavy atom. The molecule has 0 spiro atoms. The van der Waals surface area contributed by atoms with Crippen molar-refractivity contribution in [3.63, 3.8) is 0 Å². The maximum atomic E-state index is 12.1. The topological polar surface area (TPSA) is 50.1 Å². The van der Waals surface area contributed by atoms with Crippen LogP contribution in [0.5, 0.6) is 5.75 Å². The molecule has 0 saturated carbocycles. The molecule has 0 bridgehead atoms. The molecule has 1 rings (SSSR count). The van der Waals surface area contributed by atoms with Crippen LogP contribution in [-0.4, -0.2) is 12.4 Å². The van der Waals surface area contributed by atoms with Gasteiger partial charge in [-0.2, -0.15) is 14.0 Å². The molecule has 1 aromatic carbocycles. The van der Waals surface area contributed by atoms with Crippen molar-refractivity contribution in [2.24, 2.45) is 0 Å². The van der Waals surface area contributed by atoms with Crippen LogP contribution < -0.4 is 4.74 Å². The van der Waals surface area contributed by atoms with Gasteiger partial charge in [0.2, 0.25) is 0 Å². The summed E-state index contributed by atoms with van der Waals surface area (Å²) in [5.74, 6) is -0.645. The maximum Gasteiger partial charge on any atom is 0.387 e. The lowest BCUT2D eigenvalue weighted by atomic mass is 10.0. The smallest absolute Gasteiger partial charge is 0.387 e. The number of carbonyl (C=O) groups is 1. The van der Waals surface area contributed by atoms with Gasteiger partial charge >= 0.3 is 6.61 Å². The molecule has 1 aromatic rings. The molecule has 0 unspecified atom stereocenters. The number of rotatable bonds is 4. The zero-order valence-electron chi connectivity index (χ0n) is 8.54. The molecule has 0 radical (unpaired) electrons. The van der Waals surface area contributed by atoms with Gasteiger partial charge in [0.1, 0.15) is 11.8 Å². The first-order valence-electron chi connectivity index (χ1n) is 4.61. The lowest BCUT2D eigenvalue weighted by molar-refractivity contribution is -0.0501. The monoisotopic (exact) mass is 225 g/mol. The van der Waals surface area contributed by atoms with Crippen LogP contribution in [0.1, 0.15) is 29.3 Å². The summed E-state index contributed by atoms with van der Waals surface area (Å²) in [5, 5.41) is 8.78. The first-order chi connectivity index (χ1) is 7.60. The Morgan fingerprint density at radius 1 is 1.56 bits per heavy atom. The molecule has 5 heteroatoms. The first-order valence-corrected chi connectivity index (χ1v) is 4.61. The minimum atomic E-state index is -3.02. The number of ketones is 1. The van der Waals surface area contributed by atoms with E-state index in [0.29, 0.717) is 0 Å². The molecule has 16 heavy (non-hydrogen) atoms. The number of alkyl halides is 2. The molecule has 84 valence electrons. The Kier molecular flexibility index (Phi) is 3.95. The van der Waals surface area contributed by atoms with Gasteiger partial charge in [0.25, 0.3) is 0 Å². The summed E-state index contributed by atoms with van der Waals surface area (Å²) in [7, 11) is 0. The fourth-order valence-corrected chi connectivity index (χ4v) is 1.28. The number of nitrogens with zero attached hydrogens (tertiary/aromatic N) is 1. The van der Waals surface area contributed by atoms with E-state index in [1.807, 2.05) is 0 Å². The Hall–Kier alpha value is -1.96. The van der Waals surface area contributed by atoms with Gasteiger partial charge < -0.3 is 4.74 Å². The van der Waals surface area contributed by atoms with Crippen LogP contribution in [0.2, 0.25) is 0 Å². The van der Waals surface area contributed by atoms with Crippen molar-refractivity contribution in [1.82, 2.24) is 0 Å². The van der Waals surface area contributed by atoms with E-state index >= 15 is 0 Å². The molecule has 0 aromatic heterocycles. The van der Waals surface area contributed by atoms with Crippen molar-refractivity contribution < 1.29 is 18.3 Å². The van der Waals surface area contributed by atoms with Crippen LogP contribution in [0, 0.1) is 11.3 Å². The molecule has 0 saturated heterocycles. The molecular formula is C11H9F2NO2. The van der Waals surface area contributed by atoms with E-state index in [1.54, 1.807) is 13.0 Å². The molecule has 0 aliphatic carbocycles. The fraction of sp³-hybridized carbons (Fsp3) is 0.273. The number of halogens is 2. The van der Waals surface area contributed by atoms with Crippen molar-refractivity contribution >= 4 is 5.78 Å². The highest BCUT2D eigenvalue weighted by atomic mass is 19.3. The lowest BCUT2D eigenvalue weighted by Gasteiger charge is -2.10. The summed E-state index contributed by atoms with van der Waals surface area (Å²) in [4.78, 5) is 11.5. The minimum Gasteiger partial charge on any atom is -0.434 e. The molecule has 0 fully saturated rings. The third-order valence-corrected chi connectivity index (χ3v) is 1.96.